The summed E-state index contributed by atoms with van der Waals surface area (Å²) < 4.78 is 0. The number of aliphatic hydroxyl groups is 1. The van der Waals surface area contributed by atoms with Crippen LogP contribution in [0.4, 0.5) is 0 Å². The molecule has 0 heterocycles. The van der Waals surface area contributed by atoms with Gasteiger partial charge in [0.25, 0.3) is 0 Å². The van der Waals surface area contributed by atoms with Crippen molar-refractivity contribution in [3.05, 3.63) is 0 Å². The van der Waals surface area contributed by atoms with Gasteiger partial charge in [0.2, 0.25) is 0 Å². The van der Waals surface area contributed by atoms with Crippen molar-refractivity contribution in [3.63, 3.8) is 0 Å². The summed E-state index contributed by atoms with van der Waals surface area (Å²) in [5.41, 5.74) is -0.102. The number of hydrogen-bond donors (Lipinski definition) is 2. The zero-order chi connectivity index (χ0) is 6.62. The monoisotopic (exact) mass is 117 g/mol. The van der Waals surface area contributed by atoms with E-state index in [1.54, 1.807) is 0 Å². The van der Waals surface area contributed by atoms with Crippen LogP contribution in [-0.4, -0.2) is 23.8 Å². The SMILES string of the molecule is CCNC(C)(C)CO. The van der Waals surface area contributed by atoms with E-state index in [9.17, 15) is 0 Å². The Morgan fingerprint density at radius 2 is 2.00 bits per heavy atom. The summed E-state index contributed by atoms with van der Waals surface area (Å²) in [4.78, 5) is 0. The average molecular weight is 117 g/mol. The lowest BCUT2D eigenvalue weighted by atomic mass is 10.1. The Morgan fingerprint density at radius 1 is 1.50 bits per heavy atom. The quantitative estimate of drug-likeness (QED) is 0.559. The Hall–Kier alpha value is -0.0800. The highest BCUT2D eigenvalue weighted by atomic mass is 16.3. The average Bonchev–Trinajstić information content (AvgIpc) is 1.67. The highest BCUT2D eigenvalue weighted by Gasteiger charge is 2.12. The van der Waals surface area contributed by atoms with E-state index in [0.29, 0.717) is 0 Å². The van der Waals surface area contributed by atoms with Crippen molar-refractivity contribution in [3.8, 4) is 0 Å². The molecule has 0 aliphatic heterocycles. The maximum atomic E-state index is 8.66. The smallest absolute Gasteiger partial charge is 0.0607 e. The fourth-order valence-electron chi connectivity index (χ4n) is 0.534. The zero-order valence-electron chi connectivity index (χ0n) is 5.86. The minimum atomic E-state index is -0.102. The Labute approximate surface area is 50.9 Å². The molecule has 0 bridgehead atoms. The van der Waals surface area contributed by atoms with Gasteiger partial charge in [0.05, 0.1) is 6.61 Å². The second-order valence-corrected chi connectivity index (χ2v) is 2.57. The standard InChI is InChI=1S/C6H15NO/c1-4-7-6(2,3)5-8/h7-8H,4-5H2,1-3H3. The summed E-state index contributed by atoms with van der Waals surface area (Å²) in [5.74, 6) is 0. The van der Waals surface area contributed by atoms with Gasteiger partial charge in [-0.25, -0.2) is 0 Å². The first-order chi connectivity index (χ1) is 3.62. The molecule has 0 radical (unpaired) electrons. The molecular weight excluding hydrogens is 102 g/mol. The first kappa shape index (κ1) is 7.92. The molecule has 0 spiro atoms. The Balaban J connectivity index is 3.37. The van der Waals surface area contributed by atoms with Gasteiger partial charge in [-0.05, 0) is 20.4 Å². The molecule has 0 aliphatic rings. The van der Waals surface area contributed by atoms with Crippen LogP contribution in [0.5, 0.6) is 0 Å². The third kappa shape index (κ3) is 2.99. The van der Waals surface area contributed by atoms with Gasteiger partial charge in [0, 0.05) is 5.54 Å². The van der Waals surface area contributed by atoms with Gasteiger partial charge in [0.15, 0.2) is 0 Å². The van der Waals surface area contributed by atoms with Crippen molar-refractivity contribution in [2.24, 2.45) is 0 Å². The molecule has 2 nitrogen and oxygen atoms in total. The molecule has 0 saturated heterocycles. The molecular formula is C6H15NO. The van der Waals surface area contributed by atoms with Gasteiger partial charge < -0.3 is 10.4 Å². The summed E-state index contributed by atoms with van der Waals surface area (Å²) in [5, 5.41) is 11.8. The number of hydrogen-bond acceptors (Lipinski definition) is 2. The van der Waals surface area contributed by atoms with Crippen molar-refractivity contribution >= 4 is 0 Å². The van der Waals surface area contributed by atoms with Crippen LogP contribution in [0.2, 0.25) is 0 Å². The number of likely N-dealkylation sites (N-methyl/N-ethyl adjacent to an activating group) is 1. The van der Waals surface area contributed by atoms with Crippen LogP contribution in [0, 0.1) is 0 Å². The predicted octanol–water partition coefficient (Wildman–Crippen LogP) is 0.367. The van der Waals surface area contributed by atoms with Crippen LogP contribution in [-0.2, 0) is 0 Å². The van der Waals surface area contributed by atoms with Crippen LogP contribution >= 0.6 is 0 Å². The highest BCUT2D eigenvalue weighted by molar-refractivity contribution is 4.74. The fraction of sp³-hybridized carbons (Fsp3) is 1.00. The normalized spacial score (nSPS) is 12.0. The zero-order valence-corrected chi connectivity index (χ0v) is 5.86. The molecule has 0 atom stereocenters. The van der Waals surface area contributed by atoms with E-state index in [0.717, 1.165) is 6.54 Å². The van der Waals surface area contributed by atoms with E-state index in [-0.39, 0.29) is 12.1 Å². The lowest BCUT2D eigenvalue weighted by molar-refractivity contribution is 0.191. The molecule has 50 valence electrons. The molecule has 0 fully saturated rings. The molecule has 2 N–H and O–H groups in total. The Bertz CT molecular complexity index is 61.5. The van der Waals surface area contributed by atoms with Crippen molar-refractivity contribution in [2.75, 3.05) is 13.2 Å². The summed E-state index contributed by atoms with van der Waals surface area (Å²) in [6, 6.07) is 0. The molecule has 8 heavy (non-hydrogen) atoms. The van der Waals surface area contributed by atoms with Crippen LogP contribution < -0.4 is 5.32 Å². The van der Waals surface area contributed by atoms with Crippen molar-refractivity contribution in [1.29, 1.82) is 0 Å². The van der Waals surface area contributed by atoms with Gasteiger partial charge in [0.1, 0.15) is 0 Å². The van der Waals surface area contributed by atoms with E-state index in [1.165, 1.54) is 0 Å². The summed E-state index contributed by atoms with van der Waals surface area (Å²) in [6.07, 6.45) is 0. The third-order valence-electron chi connectivity index (χ3n) is 1.05. The van der Waals surface area contributed by atoms with E-state index in [1.807, 2.05) is 20.8 Å². The molecule has 0 aromatic rings. The van der Waals surface area contributed by atoms with Crippen LogP contribution in [0.3, 0.4) is 0 Å². The molecule has 0 unspecified atom stereocenters. The first-order valence-electron chi connectivity index (χ1n) is 2.98. The number of rotatable bonds is 3. The molecule has 0 amide bonds. The van der Waals surface area contributed by atoms with Crippen LogP contribution in [0.1, 0.15) is 20.8 Å². The van der Waals surface area contributed by atoms with Gasteiger partial charge in [-0.3, -0.25) is 0 Å². The largest absolute Gasteiger partial charge is 0.394 e. The topological polar surface area (TPSA) is 32.3 Å². The third-order valence-corrected chi connectivity index (χ3v) is 1.05. The van der Waals surface area contributed by atoms with Crippen molar-refractivity contribution < 1.29 is 5.11 Å². The lowest BCUT2D eigenvalue weighted by Gasteiger charge is -2.21. The summed E-state index contributed by atoms with van der Waals surface area (Å²) in [7, 11) is 0. The molecule has 0 rings (SSSR count). The summed E-state index contributed by atoms with van der Waals surface area (Å²) >= 11 is 0. The molecule has 0 aliphatic carbocycles. The molecule has 2 heteroatoms. The van der Waals surface area contributed by atoms with Gasteiger partial charge in [-0.1, -0.05) is 6.92 Å². The maximum absolute atomic E-state index is 8.66. The Morgan fingerprint density at radius 3 is 2.12 bits per heavy atom. The molecule has 0 aromatic carbocycles. The lowest BCUT2D eigenvalue weighted by Crippen LogP contribution is -2.42. The van der Waals surface area contributed by atoms with Crippen LogP contribution in [0.15, 0.2) is 0 Å². The maximum Gasteiger partial charge on any atom is 0.0607 e. The van der Waals surface area contributed by atoms with E-state index < -0.39 is 0 Å². The second kappa shape index (κ2) is 3.05. The van der Waals surface area contributed by atoms with Crippen molar-refractivity contribution in [2.45, 2.75) is 26.3 Å². The molecule has 0 aromatic heterocycles. The molecule has 0 saturated carbocycles. The van der Waals surface area contributed by atoms with E-state index >= 15 is 0 Å². The second-order valence-electron chi connectivity index (χ2n) is 2.57. The van der Waals surface area contributed by atoms with Gasteiger partial charge in [-0.15, -0.1) is 0 Å². The predicted molar refractivity (Wildman–Crippen MR) is 34.8 cm³/mol. The fourth-order valence-corrected chi connectivity index (χ4v) is 0.534. The van der Waals surface area contributed by atoms with Gasteiger partial charge >= 0.3 is 0 Å². The number of nitrogens with one attached hydrogen (secondary N) is 1. The van der Waals surface area contributed by atoms with E-state index in [4.69, 9.17) is 5.11 Å². The first-order valence-corrected chi connectivity index (χ1v) is 2.98. The summed E-state index contributed by atoms with van der Waals surface area (Å²) in [6.45, 7) is 7.07. The Kier molecular flexibility index (Phi) is 3.02. The van der Waals surface area contributed by atoms with Gasteiger partial charge in [-0.2, -0.15) is 0 Å². The minimum Gasteiger partial charge on any atom is -0.394 e. The van der Waals surface area contributed by atoms with Crippen LogP contribution in [0.25, 0.3) is 0 Å². The number of aliphatic hydroxyl groups excluding tert-OH is 1. The highest BCUT2D eigenvalue weighted by Crippen LogP contribution is 1.97. The van der Waals surface area contributed by atoms with E-state index in [2.05, 4.69) is 5.32 Å². The minimum absolute atomic E-state index is 0.102. The van der Waals surface area contributed by atoms with Crippen molar-refractivity contribution in [1.82, 2.24) is 5.32 Å².